The zero-order chi connectivity index (χ0) is 15.1. The molecule has 2 rings (SSSR count). The van der Waals surface area contributed by atoms with Crippen molar-refractivity contribution in [2.24, 2.45) is 5.73 Å². The van der Waals surface area contributed by atoms with Crippen molar-refractivity contribution >= 4 is 11.6 Å². The number of anilines is 1. The van der Waals surface area contributed by atoms with Gasteiger partial charge >= 0.3 is 0 Å². The summed E-state index contributed by atoms with van der Waals surface area (Å²) in [5, 5.41) is 0. The van der Waals surface area contributed by atoms with E-state index in [2.05, 4.69) is 4.90 Å². The largest absolute Gasteiger partial charge is 0.495 e. The predicted molar refractivity (Wildman–Crippen MR) is 81.7 cm³/mol. The summed E-state index contributed by atoms with van der Waals surface area (Å²) in [6.45, 7) is 3.96. The Morgan fingerprint density at radius 2 is 1.95 bits per heavy atom. The highest BCUT2D eigenvalue weighted by Gasteiger charge is 2.22. The molecule has 1 aliphatic heterocycles. The van der Waals surface area contributed by atoms with Gasteiger partial charge in [-0.3, -0.25) is 4.79 Å². The normalized spacial score (nSPS) is 15.1. The molecule has 1 aromatic rings. The first kappa shape index (κ1) is 15.6. The predicted octanol–water partition coefficient (Wildman–Crippen LogP) is 0.319. The summed E-state index contributed by atoms with van der Waals surface area (Å²) in [6, 6.07) is 7.95. The topological polar surface area (TPSA) is 68.0 Å². The maximum Gasteiger partial charge on any atom is 0.248 e. The van der Waals surface area contributed by atoms with Crippen LogP contribution in [-0.2, 0) is 9.53 Å². The molecule has 0 radical (unpaired) electrons. The molecular weight excluding hydrogens is 270 g/mol. The zero-order valence-corrected chi connectivity index (χ0v) is 12.5. The second-order valence-electron chi connectivity index (χ2n) is 4.88. The Morgan fingerprint density at radius 3 is 2.62 bits per heavy atom. The number of rotatable bonds is 6. The lowest BCUT2D eigenvalue weighted by Gasteiger charge is -2.36. The Hall–Kier alpha value is -1.79. The summed E-state index contributed by atoms with van der Waals surface area (Å²) < 4.78 is 10.6. The summed E-state index contributed by atoms with van der Waals surface area (Å²) in [5.41, 5.74) is 6.41. The van der Waals surface area contributed by atoms with Crippen molar-refractivity contribution in [2.45, 2.75) is 0 Å². The summed E-state index contributed by atoms with van der Waals surface area (Å²) in [7, 11) is 1.67. The van der Waals surface area contributed by atoms with E-state index in [9.17, 15) is 4.79 Å². The van der Waals surface area contributed by atoms with Gasteiger partial charge in [0.05, 0.1) is 19.4 Å². The molecule has 21 heavy (non-hydrogen) atoms. The smallest absolute Gasteiger partial charge is 0.248 e. The maximum atomic E-state index is 12.0. The Labute approximate surface area is 125 Å². The van der Waals surface area contributed by atoms with Gasteiger partial charge in [-0.15, -0.1) is 0 Å². The Balaban J connectivity index is 1.87. The minimum Gasteiger partial charge on any atom is -0.495 e. The highest BCUT2D eigenvalue weighted by Crippen LogP contribution is 2.28. The van der Waals surface area contributed by atoms with Crippen molar-refractivity contribution in [1.82, 2.24) is 4.90 Å². The van der Waals surface area contributed by atoms with E-state index in [1.165, 1.54) is 0 Å². The molecule has 116 valence electrons. The fourth-order valence-electron chi connectivity index (χ4n) is 2.42. The number of nitrogens with zero attached hydrogens (tertiary/aromatic N) is 2. The van der Waals surface area contributed by atoms with Gasteiger partial charge in [0.25, 0.3) is 0 Å². The number of carbonyl (C=O) groups excluding carboxylic acids is 1. The lowest BCUT2D eigenvalue weighted by Crippen LogP contribution is -2.49. The van der Waals surface area contributed by atoms with Crippen LogP contribution in [0.25, 0.3) is 0 Å². The van der Waals surface area contributed by atoms with Crippen LogP contribution < -0.4 is 15.4 Å². The molecule has 6 nitrogen and oxygen atoms in total. The van der Waals surface area contributed by atoms with E-state index in [1.54, 1.807) is 7.11 Å². The van der Waals surface area contributed by atoms with Crippen LogP contribution >= 0.6 is 0 Å². The fourth-order valence-corrected chi connectivity index (χ4v) is 2.42. The van der Waals surface area contributed by atoms with Gasteiger partial charge in [-0.1, -0.05) is 12.1 Å². The van der Waals surface area contributed by atoms with Crippen molar-refractivity contribution in [1.29, 1.82) is 0 Å². The third kappa shape index (κ3) is 4.09. The number of carbonyl (C=O) groups is 1. The molecule has 6 heteroatoms. The Morgan fingerprint density at radius 1 is 1.24 bits per heavy atom. The SMILES string of the molecule is COc1ccccc1N1CCN(C(=O)COCCN)CC1. The first-order valence-corrected chi connectivity index (χ1v) is 7.20. The molecule has 1 aromatic carbocycles. The zero-order valence-electron chi connectivity index (χ0n) is 12.5. The molecule has 0 bridgehead atoms. The van der Waals surface area contributed by atoms with E-state index in [1.807, 2.05) is 29.2 Å². The van der Waals surface area contributed by atoms with Gasteiger partial charge < -0.3 is 25.0 Å². The van der Waals surface area contributed by atoms with Crippen LogP contribution in [0.4, 0.5) is 5.69 Å². The molecule has 0 atom stereocenters. The van der Waals surface area contributed by atoms with Gasteiger partial charge in [0.15, 0.2) is 0 Å². The van der Waals surface area contributed by atoms with Gasteiger partial charge in [-0.2, -0.15) is 0 Å². The van der Waals surface area contributed by atoms with Crippen LogP contribution in [0.15, 0.2) is 24.3 Å². The van der Waals surface area contributed by atoms with Gasteiger partial charge in [0, 0.05) is 32.7 Å². The van der Waals surface area contributed by atoms with Crippen molar-refractivity contribution in [2.75, 3.05) is 57.9 Å². The number of ether oxygens (including phenoxy) is 2. The standard InChI is InChI=1S/C15H23N3O3/c1-20-14-5-3-2-4-13(14)17-7-9-18(10-8-17)15(19)12-21-11-6-16/h2-5H,6-12,16H2,1H3. The van der Waals surface area contributed by atoms with Crippen LogP contribution in [0.2, 0.25) is 0 Å². The maximum absolute atomic E-state index is 12.0. The third-order valence-electron chi connectivity index (χ3n) is 3.55. The van der Waals surface area contributed by atoms with Crippen molar-refractivity contribution in [3.63, 3.8) is 0 Å². The molecular formula is C15H23N3O3. The van der Waals surface area contributed by atoms with E-state index >= 15 is 0 Å². The summed E-state index contributed by atoms with van der Waals surface area (Å²) in [6.07, 6.45) is 0. The van der Waals surface area contributed by atoms with Gasteiger partial charge in [0.2, 0.25) is 5.91 Å². The second-order valence-corrected chi connectivity index (χ2v) is 4.88. The minimum absolute atomic E-state index is 0.0307. The lowest BCUT2D eigenvalue weighted by molar-refractivity contribution is -0.136. The number of hydrogen-bond acceptors (Lipinski definition) is 5. The summed E-state index contributed by atoms with van der Waals surface area (Å²) in [5.74, 6) is 0.895. The second kappa shape index (κ2) is 7.85. The molecule has 0 saturated carbocycles. The molecule has 1 saturated heterocycles. The number of piperazine rings is 1. The van der Waals surface area contributed by atoms with Gasteiger partial charge in [-0.05, 0) is 12.1 Å². The van der Waals surface area contributed by atoms with E-state index < -0.39 is 0 Å². The molecule has 1 aliphatic rings. The molecule has 2 N–H and O–H groups in total. The van der Waals surface area contributed by atoms with Crippen LogP contribution in [-0.4, -0.2) is 63.9 Å². The first-order chi connectivity index (χ1) is 10.3. The molecule has 0 spiro atoms. The van der Waals surface area contributed by atoms with Gasteiger partial charge in [-0.25, -0.2) is 0 Å². The minimum atomic E-state index is 0.0307. The lowest BCUT2D eigenvalue weighted by atomic mass is 10.2. The molecule has 1 amide bonds. The Kier molecular flexibility index (Phi) is 5.83. The van der Waals surface area contributed by atoms with Crippen molar-refractivity contribution in [3.05, 3.63) is 24.3 Å². The van der Waals surface area contributed by atoms with Crippen LogP contribution in [0.5, 0.6) is 5.75 Å². The number of methoxy groups -OCH3 is 1. The van der Waals surface area contributed by atoms with E-state index in [0.717, 1.165) is 24.5 Å². The van der Waals surface area contributed by atoms with Crippen LogP contribution in [0.1, 0.15) is 0 Å². The number of benzene rings is 1. The first-order valence-electron chi connectivity index (χ1n) is 7.20. The highest BCUT2D eigenvalue weighted by molar-refractivity contribution is 5.77. The summed E-state index contributed by atoms with van der Waals surface area (Å²) in [4.78, 5) is 16.0. The van der Waals surface area contributed by atoms with Crippen molar-refractivity contribution in [3.8, 4) is 5.75 Å². The van der Waals surface area contributed by atoms with Crippen molar-refractivity contribution < 1.29 is 14.3 Å². The van der Waals surface area contributed by atoms with Crippen LogP contribution in [0.3, 0.4) is 0 Å². The van der Waals surface area contributed by atoms with Crippen LogP contribution in [0, 0.1) is 0 Å². The average molecular weight is 293 g/mol. The highest BCUT2D eigenvalue weighted by atomic mass is 16.5. The average Bonchev–Trinajstić information content (AvgIpc) is 2.55. The Bertz CT molecular complexity index is 459. The number of amides is 1. The van der Waals surface area contributed by atoms with E-state index in [-0.39, 0.29) is 12.5 Å². The number of hydrogen-bond donors (Lipinski definition) is 1. The molecule has 0 aromatic heterocycles. The van der Waals surface area contributed by atoms with Gasteiger partial charge in [0.1, 0.15) is 12.4 Å². The third-order valence-corrected chi connectivity index (χ3v) is 3.55. The summed E-state index contributed by atoms with van der Waals surface area (Å²) >= 11 is 0. The molecule has 1 fully saturated rings. The quantitative estimate of drug-likeness (QED) is 0.765. The molecule has 1 heterocycles. The monoisotopic (exact) mass is 293 g/mol. The fraction of sp³-hybridized carbons (Fsp3) is 0.533. The molecule has 0 aliphatic carbocycles. The number of nitrogens with two attached hydrogens (primary N) is 1. The van der Waals surface area contributed by atoms with E-state index in [0.29, 0.717) is 26.2 Å². The number of para-hydroxylation sites is 2. The molecule has 0 unspecified atom stereocenters. The van der Waals surface area contributed by atoms with E-state index in [4.69, 9.17) is 15.2 Å².